The van der Waals surface area contributed by atoms with Gasteiger partial charge in [-0.05, 0) is 12.1 Å². The number of aliphatic hydroxyl groups excluding tert-OH is 1. The lowest BCUT2D eigenvalue weighted by atomic mass is 10.2. The van der Waals surface area contributed by atoms with E-state index in [1.807, 2.05) is 0 Å². The number of urea groups is 1. The van der Waals surface area contributed by atoms with E-state index < -0.39 is 30.0 Å². The largest absolute Gasteiger partial charge is 0.479 e. The van der Waals surface area contributed by atoms with Gasteiger partial charge in [0.15, 0.2) is 6.10 Å². The molecule has 0 aliphatic rings. The number of carboxylic acids is 1. The number of anilines is 1. The van der Waals surface area contributed by atoms with Crippen LogP contribution in [0.3, 0.4) is 0 Å². The number of nitrogens with zero attached hydrogens (tertiary/aromatic N) is 1. The van der Waals surface area contributed by atoms with Gasteiger partial charge < -0.3 is 20.8 Å². The molecule has 0 bridgehead atoms. The lowest BCUT2D eigenvalue weighted by molar-refractivity contribution is -0.146. The van der Waals surface area contributed by atoms with Crippen molar-refractivity contribution in [3.63, 3.8) is 0 Å². The van der Waals surface area contributed by atoms with E-state index >= 15 is 0 Å². The number of hydrogen-bond donors (Lipinski definition) is 4. The molecule has 0 aliphatic heterocycles. The van der Waals surface area contributed by atoms with Gasteiger partial charge in [-0.3, -0.25) is 0 Å². The molecule has 0 aromatic carbocycles. The van der Waals surface area contributed by atoms with E-state index in [9.17, 15) is 22.8 Å². The number of pyridine rings is 1. The summed E-state index contributed by atoms with van der Waals surface area (Å²) in [5.41, 5.74) is -1.04. The molecule has 0 spiro atoms. The summed E-state index contributed by atoms with van der Waals surface area (Å²) in [4.78, 5) is 24.8. The van der Waals surface area contributed by atoms with Crippen molar-refractivity contribution in [2.75, 3.05) is 11.9 Å². The topological polar surface area (TPSA) is 112 Å². The van der Waals surface area contributed by atoms with Crippen molar-refractivity contribution in [1.82, 2.24) is 10.3 Å². The number of hydrogen-bond acceptors (Lipinski definition) is 4. The predicted molar refractivity (Wildman–Crippen MR) is 64.5 cm³/mol. The second-order valence-corrected chi connectivity index (χ2v) is 3.95. The third-order valence-electron chi connectivity index (χ3n) is 2.30. The molecule has 0 radical (unpaired) electrons. The van der Waals surface area contributed by atoms with Crippen molar-refractivity contribution in [2.45, 2.75) is 18.7 Å². The fraction of sp³-hybridized carbons (Fsp3) is 0.364. The number of carboxylic acid groups (broad SMARTS) is 1. The number of aromatic nitrogens is 1. The Morgan fingerprint density at radius 3 is 2.48 bits per heavy atom. The molecule has 1 aromatic rings. The molecule has 7 nitrogen and oxygen atoms in total. The van der Waals surface area contributed by atoms with Gasteiger partial charge in [0, 0.05) is 13.0 Å². The van der Waals surface area contributed by atoms with Gasteiger partial charge in [0.05, 0.1) is 11.9 Å². The van der Waals surface area contributed by atoms with E-state index in [2.05, 4.69) is 15.6 Å². The number of amides is 2. The average Bonchev–Trinajstić information content (AvgIpc) is 2.38. The normalized spacial score (nSPS) is 12.6. The van der Waals surface area contributed by atoms with Gasteiger partial charge in [-0.1, -0.05) is 0 Å². The molecule has 4 N–H and O–H groups in total. The zero-order chi connectivity index (χ0) is 16.0. The van der Waals surface area contributed by atoms with Crippen LogP contribution in [0.25, 0.3) is 0 Å². The molecular weight excluding hydrogens is 295 g/mol. The quantitative estimate of drug-likeness (QED) is 0.650. The van der Waals surface area contributed by atoms with Crippen LogP contribution < -0.4 is 10.6 Å². The fourth-order valence-electron chi connectivity index (χ4n) is 1.26. The Bertz CT molecular complexity index is 504. The Labute approximate surface area is 116 Å². The van der Waals surface area contributed by atoms with Crippen LogP contribution in [0.5, 0.6) is 0 Å². The first-order chi connectivity index (χ1) is 9.70. The smallest absolute Gasteiger partial charge is 0.433 e. The van der Waals surface area contributed by atoms with Gasteiger partial charge in [0.25, 0.3) is 0 Å². The Hall–Kier alpha value is -2.36. The Balaban J connectivity index is 2.43. The number of aliphatic hydroxyl groups is 1. The van der Waals surface area contributed by atoms with Gasteiger partial charge in [-0.15, -0.1) is 0 Å². The molecule has 1 aromatic heterocycles. The van der Waals surface area contributed by atoms with Crippen molar-refractivity contribution in [2.24, 2.45) is 0 Å². The highest BCUT2D eigenvalue weighted by molar-refractivity contribution is 5.89. The minimum Gasteiger partial charge on any atom is -0.479 e. The van der Waals surface area contributed by atoms with Crippen molar-refractivity contribution in [1.29, 1.82) is 0 Å². The van der Waals surface area contributed by atoms with Gasteiger partial charge in [0.2, 0.25) is 0 Å². The molecule has 116 valence electrons. The number of alkyl halides is 3. The van der Waals surface area contributed by atoms with Crippen LogP contribution in [-0.4, -0.2) is 39.8 Å². The second kappa shape index (κ2) is 6.88. The summed E-state index contributed by atoms with van der Waals surface area (Å²) >= 11 is 0. The second-order valence-electron chi connectivity index (χ2n) is 3.95. The zero-order valence-corrected chi connectivity index (χ0v) is 10.5. The SMILES string of the molecule is O=C(NCCC(O)C(=O)O)Nc1ccc(C(F)(F)F)nc1. The van der Waals surface area contributed by atoms with Crippen LogP contribution in [-0.2, 0) is 11.0 Å². The summed E-state index contributed by atoms with van der Waals surface area (Å²) < 4.78 is 36.8. The summed E-state index contributed by atoms with van der Waals surface area (Å²) in [7, 11) is 0. The van der Waals surface area contributed by atoms with Crippen LogP contribution in [0.2, 0.25) is 0 Å². The van der Waals surface area contributed by atoms with E-state index in [4.69, 9.17) is 10.2 Å². The third kappa shape index (κ3) is 5.65. The molecule has 2 amide bonds. The molecule has 0 fully saturated rings. The van der Waals surface area contributed by atoms with Crippen LogP contribution in [0.1, 0.15) is 12.1 Å². The first-order valence-electron chi connectivity index (χ1n) is 5.69. The molecule has 1 heterocycles. The first kappa shape index (κ1) is 16.7. The molecule has 0 aliphatic carbocycles. The highest BCUT2D eigenvalue weighted by atomic mass is 19.4. The molecule has 1 rings (SSSR count). The first-order valence-corrected chi connectivity index (χ1v) is 5.69. The van der Waals surface area contributed by atoms with Crippen molar-refractivity contribution < 1.29 is 33.0 Å². The van der Waals surface area contributed by atoms with Crippen LogP contribution in [0.4, 0.5) is 23.7 Å². The number of rotatable bonds is 5. The van der Waals surface area contributed by atoms with Gasteiger partial charge in [-0.25, -0.2) is 14.6 Å². The van der Waals surface area contributed by atoms with Gasteiger partial charge in [-0.2, -0.15) is 13.2 Å². The van der Waals surface area contributed by atoms with Crippen LogP contribution >= 0.6 is 0 Å². The number of carbonyl (C=O) groups is 2. The molecule has 1 atom stereocenters. The Morgan fingerprint density at radius 1 is 1.33 bits per heavy atom. The Kier molecular flexibility index (Phi) is 5.47. The summed E-state index contributed by atoms with van der Waals surface area (Å²) in [5, 5.41) is 21.8. The highest BCUT2D eigenvalue weighted by Crippen LogP contribution is 2.27. The number of nitrogens with one attached hydrogen (secondary N) is 2. The molecule has 1 unspecified atom stereocenters. The summed E-state index contributed by atoms with van der Waals surface area (Å²) in [6.07, 6.45) is -5.52. The molecule has 21 heavy (non-hydrogen) atoms. The number of aliphatic carboxylic acids is 1. The molecule has 0 saturated carbocycles. The maximum Gasteiger partial charge on any atom is 0.433 e. The third-order valence-corrected chi connectivity index (χ3v) is 2.30. The standard InChI is InChI=1S/C11H12F3N3O4/c12-11(13,14)8-2-1-6(5-16-8)17-10(21)15-4-3-7(18)9(19)20/h1-2,5,7,18H,3-4H2,(H,19,20)(H2,15,17,21). The maximum absolute atomic E-state index is 12.3. The van der Waals surface area contributed by atoms with Gasteiger partial charge >= 0.3 is 18.2 Å². The summed E-state index contributed by atoms with van der Waals surface area (Å²) in [6, 6.07) is 0.986. The lowest BCUT2D eigenvalue weighted by Gasteiger charge is -2.10. The van der Waals surface area contributed by atoms with E-state index in [1.165, 1.54) is 0 Å². The minimum absolute atomic E-state index is 0.0410. The maximum atomic E-state index is 12.3. The monoisotopic (exact) mass is 307 g/mol. The van der Waals surface area contributed by atoms with Crippen LogP contribution in [0.15, 0.2) is 18.3 Å². The highest BCUT2D eigenvalue weighted by Gasteiger charge is 2.32. The fourth-order valence-corrected chi connectivity index (χ4v) is 1.26. The van der Waals surface area contributed by atoms with Crippen LogP contribution in [0, 0.1) is 0 Å². The average molecular weight is 307 g/mol. The Morgan fingerprint density at radius 2 is 2.00 bits per heavy atom. The van der Waals surface area contributed by atoms with Gasteiger partial charge in [0.1, 0.15) is 5.69 Å². The summed E-state index contributed by atoms with van der Waals surface area (Å²) in [6.45, 7) is -0.118. The molecular formula is C11H12F3N3O4. The van der Waals surface area contributed by atoms with Crippen molar-refractivity contribution in [3.05, 3.63) is 24.0 Å². The lowest BCUT2D eigenvalue weighted by Crippen LogP contribution is -2.33. The molecule has 10 heteroatoms. The van der Waals surface area contributed by atoms with E-state index in [1.54, 1.807) is 0 Å². The summed E-state index contributed by atoms with van der Waals surface area (Å²) in [5.74, 6) is -1.41. The molecule has 0 saturated heterocycles. The van der Waals surface area contributed by atoms with Crippen molar-refractivity contribution in [3.8, 4) is 0 Å². The zero-order valence-electron chi connectivity index (χ0n) is 10.5. The number of carbonyl (C=O) groups excluding carboxylic acids is 1. The minimum atomic E-state index is -4.56. The van der Waals surface area contributed by atoms with E-state index in [0.717, 1.165) is 12.3 Å². The number of halogens is 3. The van der Waals surface area contributed by atoms with Crippen molar-refractivity contribution >= 4 is 17.7 Å². The van der Waals surface area contributed by atoms with E-state index in [0.29, 0.717) is 6.07 Å². The predicted octanol–water partition coefficient (Wildman–Crippen LogP) is 1.06. The van der Waals surface area contributed by atoms with E-state index in [-0.39, 0.29) is 18.7 Å².